The van der Waals surface area contributed by atoms with E-state index in [0.29, 0.717) is 4.90 Å². The lowest BCUT2D eigenvalue weighted by Crippen LogP contribution is -2.44. The topological polar surface area (TPSA) is 49.4 Å². The van der Waals surface area contributed by atoms with Crippen LogP contribution in [-0.2, 0) is 16.6 Å². The van der Waals surface area contributed by atoms with Crippen molar-refractivity contribution < 1.29 is 8.42 Å². The molecule has 1 heterocycles. The molecule has 6 heteroatoms. The summed E-state index contributed by atoms with van der Waals surface area (Å²) in [6, 6.07) is 27.3. The monoisotopic (exact) mass is 442 g/mol. The fourth-order valence-corrected chi connectivity index (χ4v) is 5.43. The SMILES string of the molecule is Cl.O=S(=O)(NC1CCN(Cc2ccccc2)CC1)c1ccccc1-c1ccccc1. The minimum absolute atomic E-state index is 0. The summed E-state index contributed by atoms with van der Waals surface area (Å²) < 4.78 is 29.2. The van der Waals surface area contributed by atoms with Gasteiger partial charge in [-0.2, -0.15) is 0 Å². The van der Waals surface area contributed by atoms with Crippen LogP contribution in [-0.4, -0.2) is 32.4 Å². The second-order valence-corrected chi connectivity index (χ2v) is 9.20. The highest BCUT2D eigenvalue weighted by molar-refractivity contribution is 7.89. The zero-order valence-electron chi connectivity index (χ0n) is 16.8. The van der Waals surface area contributed by atoms with Crippen molar-refractivity contribution in [1.82, 2.24) is 9.62 Å². The van der Waals surface area contributed by atoms with E-state index in [1.54, 1.807) is 12.1 Å². The van der Waals surface area contributed by atoms with Crippen molar-refractivity contribution in [3.05, 3.63) is 90.5 Å². The van der Waals surface area contributed by atoms with Crippen LogP contribution in [0.4, 0.5) is 0 Å². The largest absolute Gasteiger partial charge is 0.299 e. The lowest BCUT2D eigenvalue weighted by Gasteiger charge is -2.32. The van der Waals surface area contributed by atoms with Crippen molar-refractivity contribution in [2.75, 3.05) is 13.1 Å². The molecule has 0 unspecified atom stereocenters. The maximum atomic E-state index is 13.1. The normalized spacial score (nSPS) is 15.5. The van der Waals surface area contributed by atoms with Gasteiger partial charge in [0.2, 0.25) is 10.0 Å². The minimum Gasteiger partial charge on any atom is -0.299 e. The average molecular weight is 443 g/mol. The Hall–Kier alpha value is -2.18. The first kappa shape index (κ1) is 22.5. The van der Waals surface area contributed by atoms with E-state index in [4.69, 9.17) is 0 Å². The van der Waals surface area contributed by atoms with Crippen LogP contribution in [0, 0.1) is 0 Å². The number of nitrogens with one attached hydrogen (secondary N) is 1. The van der Waals surface area contributed by atoms with Crippen molar-refractivity contribution in [3.8, 4) is 11.1 Å². The van der Waals surface area contributed by atoms with Crippen LogP contribution >= 0.6 is 12.4 Å². The number of hydrogen-bond acceptors (Lipinski definition) is 3. The van der Waals surface area contributed by atoms with E-state index in [1.165, 1.54) is 5.56 Å². The van der Waals surface area contributed by atoms with Gasteiger partial charge in [0.05, 0.1) is 4.90 Å². The Bertz CT molecular complexity index is 1040. The molecule has 0 amide bonds. The third kappa shape index (κ3) is 5.49. The van der Waals surface area contributed by atoms with Crippen molar-refractivity contribution in [3.63, 3.8) is 0 Å². The first-order chi connectivity index (χ1) is 14.1. The highest BCUT2D eigenvalue weighted by Gasteiger charge is 2.26. The van der Waals surface area contributed by atoms with Crippen LogP contribution in [0.5, 0.6) is 0 Å². The molecular weight excluding hydrogens is 416 g/mol. The zero-order valence-corrected chi connectivity index (χ0v) is 18.4. The quantitative estimate of drug-likeness (QED) is 0.601. The van der Waals surface area contributed by atoms with Gasteiger partial charge in [0.25, 0.3) is 0 Å². The summed E-state index contributed by atoms with van der Waals surface area (Å²) in [5, 5.41) is 0. The third-order valence-electron chi connectivity index (χ3n) is 5.42. The Kier molecular flexibility index (Phi) is 7.67. The molecule has 1 N–H and O–H groups in total. The van der Waals surface area contributed by atoms with Crippen LogP contribution in [0.1, 0.15) is 18.4 Å². The summed E-state index contributed by atoms with van der Waals surface area (Å²) >= 11 is 0. The zero-order chi connectivity index (χ0) is 20.1. The number of hydrogen-bond donors (Lipinski definition) is 1. The number of nitrogens with zero attached hydrogens (tertiary/aromatic N) is 1. The van der Waals surface area contributed by atoms with Crippen LogP contribution in [0.3, 0.4) is 0 Å². The predicted molar refractivity (Wildman–Crippen MR) is 124 cm³/mol. The molecule has 0 bridgehead atoms. The van der Waals surface area contributed by atoms with Gasteiger partial charge in [0.1, 0.15) is 0 Å². The molecule has 1 aliphatic rings. The van der Waals surface area contributed by atoms with E-state index in [9.17, 15) is 8.42 Å². The molecule has 158 valence electrons. The van der Waals surface area contributed by atoms with Crippen LogP contribution in [0.2, 0.25) is 0 Å². The molecule has 4 nitrogen and oxygen atoms in total. The Balaban J connectivity index is 0.00000256. The molecule has 0 atom stereocenters. The van der Waals surface area contributed by atoms with Crippen molar-refractivity contribution >= 4 is 22.4 Å². The average Bonchev–Trinajstić information content (AvgIpc) is 2.76. The van der Waals surface area contributed by atoms with Gasteiger partial charge in [-0.1, -0.05) is 78.9 Å². The molecule has 4 rings (SSSR count). The number of halogens is 1. The van der Waals surface area contributed by atoms with Crippen molar-refractivity contribution in [1.29, 1.82) is 0 Å². The number of likely N-dealkylation sites (tertiary alicyclic amines) is 1. The predicted octanol–water partition coefficient (Wildman–Crippen LogP) is 4.72. The molecular formula is C24H27ClN2O2S. The van der Waals surface area contributed by atoms with Crippen LogP contribution in [0.25, 0.3) is 11.1 Å². The maximum absolute atomic E-state index is 13.1. The second kappa shape index (κ2) is 10.2. The maximum Gasteiger partial charge on any atom is 0.241 e. The molecule has 1 saturated heterocycles. The molecule has 3 aromatic carbocycles. The number of piperidine rings is 1. The van der Waals surface area contributed by atoms with E-state index < -0.39 is 10.0 Å². The van der Waals surface area contributed by atoms with Gasteiger partial charge in [-0.25, -0.2) is 13.1 Å². The first-order valence-electron chi connectivity index (χ1n) is 10.0. The molecule has 3 aromatic rings. The molecule has 1 aliphatic heterocycles. The highest BCUT2D eigenvalue weighted by Crippen LogP contribution is 2.27. The fourth-order valence-electron chi connectivity index (χ4n) is 3.89. The van der Waals surface area contributed by atoms with Gasteiger partial charge < -0.3 is 0 Å². The second-order valence-electron chi connectivity index (χ2n) is 7.52. The van der Waals surface area contributed by atoms with E-state index in [2.05, 4.69) is 33.9 Å². The number of sulfonamides is 1. The van der Waals surface area contributed by atoms with Crippen LogP contribution in [0.15, 0.2) is 89.8 Å². The summed E-state index contributed by atoms with van der Waals surface area (Å²) in [7, 11) is -3.58. The Morgan fingerprint density at radius 1 is 0.800 bits per heavy atom. The van der Waals surface area contributed by atoms with Gasteiger partial charge in [-0.05, 0) is 30.0 Å². The van der Waals surface area contributed by atoms with E-state index in [1.807, 2.05) is 48.5 Å². The molecule has 30 heavy (non-hydrogen) atoms. The molecule has 0 aromatic heterocycles. The number of rotatable bonds is 6. The van der Waals surface area contributed by atoms with E-state index >= 15 is 0 Å². The molecule has 0 aliphatic carbocycles. The first-order valence-corrected chi connectivity index (χ1v) is 11.5. The summed E-state index contributed by atoms with van der Waals surface area (Å²) in [4.78, 5) is 2.73. The minimum atomic E-state index is -3.58. The van der Waals surface area contributed by atoms with Gasteiger partial charge in [0.15, 0.2) is 0 Å². The van der Waals surface area contributed by atoms with Gasteiger partial charge in [-0.15, -0.1) is 12.4 Å². The standard InChI is InChI=1S/C24H26N2O2S.ClH/c27-29(28,24-14-8-7-13-23(24)21-11-5-2-6-12-21)25-22-15-17-26(18-16-22)19-20-9-3-1-4-10-20;/h1-14,22,25H,15-19H2;1H. The number of benzene rings is 3. The van der Waals surface area contributed by atoms with Gasteiger partial charge in [0, 0.05) is 31.2 Å². The molecule has 0 saturated carbocycles. The molecule has 1 fully saturated rings. The summed E-state index contributed by atoms with van der Waals surface area (Å²) in [5.74, 6) is 0. The molecule has 0 radical (unpaired) electrons. The van der Waals surface area contributed by atoms with Crippen molar-refractivity contribution in [2.45, 2.75) is 30.3 Å². The Labute approximate surface area is 185 Å². The van der Waals surface area contributed by atoms with Gasteiger partial charge in [-0.3, -0.25) is 4.90 Å². The summed E-state index contributed by atoms with van der Waals surface area (Å²) in [6.45, 7) is 2.70. The Morgan fingerprint density at radius 3 is 2.03 bits per heavy atom. The highest BCUT2D eigenvalue weighted by atomic mass is 35.5. The third-order valence-corrected chi connectivity index (χ3v) is 7.00. The molecule has 0 spiro atoms. The van der Waals surface area contributed by atoms with E-state index in [-0.39, 0.29) is 18.4 Å². The van der Waals surface area contributed by atoms with Crippen LogP contribution < -0.4 is 4.72 Å². The van der Waals surface area contributed by atoms with Crippen molar-refractivity contribution in [2.24, 2.45) is 0 Å². The summed E-state index contributed by atoms with van der Waals surface area (Å²) in [6.07, 6.45) is 1.64. The fraction of sp³-hybridized carbons (Fsp3) is 0.250. The summed E-state index contributed by atoms with van der Waals surface area (Å²) in [5.41, 5.74) is 2.94. The lowest BCUT2D eigenvalue weighted by atomic mass is 10.1. The lowest BCUT2D eigenvalue weighted by molar-refractivity contribution is 0.200. The Morgan fingerprint density at radius 2 is 1.37 bits per heavy atom. The van der Waals surface area contributed by atoms with E-state index in [0.717, 1.165) is 43.6 Å². The van der Waals surface area contributed by atoms with Gasteiger partial charge >= 0.3 is 0 Å². The smallest absolute Gasteiger partial charge is 0.241 e.